The lowest BCUT2D eigenvalue weighted by Crippen LogP contribution is -2.14. The van der Waals surface area contributed by atoms with Crippen LogP contribution in [0.3, 0.4) is 0 Å². The summed E-state index contributed by atoms with van der Waals surface area (Å²) in [6.07, 6.45) is 2.85. The van der Waals surface area contributed by atoms with Crippen molar-refractivity contribution in [2.24, 2.45) is 5.73 Å². The SMILES string of the molecule is C=C/C(=C\C(=C)CN)B(O)O. The van der Waals surface area contributed by atoms with Gasteiger partial charge in [0.15, 0.2) is 0 Å². The second-order valence-electron chi connectivity index (χ2n) is 2.08. The standard InChI is InChI=1S/C7H12BNO2/c1-3-7(8(10)11)4-6(2)5-9/h3-4,10-11H,1-2,5,9H2/b7-4+. The van der Waals surface area contributed by atoms with E-state index in [0.29, 0.717) is 17.6 Å². The molecule has 0 fully saturated rings. The Labute approximate surface area is 66.7 Å². The molecule has 0 aliphatic heterocycles. The largest absolute Gasteiger partial charge is 0.488 e. The van der Waals surface area contributed by atoms with Gasteiger partial charge in [-0.05, 0) is 11.0 Å². The Morgan fingerprint density at radius 2 is 2.09 bits per heavy atom. The molecule has 0 aromatic carbocycles. The Kier molecular flexibility index (Phi) is 4.53. The van der Waals surface area contributed by atoms with E-state index < -0.39 is 7.12 Å². The molecule has 4 heteroatoms. The van der Waals surface area contributed by atoms with Crippen molar-refractivity contribution >= 4 is 7.12 Å². The maximum atomic E-state index is 8.69. The third-order valence-electron chi connectivity index (χ3n) is 1.17. The van der Waals surface area contributed by atoms with Crippen LogP contribution in [0.5, 0.6) is 0 Å². The van der Waals surface area contributed by atoms with E-state index in [9.17, 15) is 0 Å². The van der Waals surface area contributed by atoms with Gasteiger partial charge in [0.25, 0.3) is 0 Å². The molecule has 0 aliphatic rings. The molecule has 3 nitrogen and oxygen atoms in total. The summed E-state index contributed by atoms with van der Waals surface area (Å²) in [5.41, 5.74) is 6.17. The molecule has 0 radical (unpaired) electrons. The summed E-state index contributed by atoms with van der Waals surface area (Å²) in [7, 11) is -1.50. The summed E-state index contributed by atoms with van der Waals surface area (Å²) in [4.78, 5) is 0. The van der Waals surface area contributed by atoms with Crippen LogP contribution < -0.4 is 5.73 Å². The third-order valence-corrected chi connectivity index (χ3v) is 1.17. The van der Waals surface area contributed by atoms with Crippen molar-refractivity contribution in [3.63, 3.8) is 0 Å². The van der Waals surface area contributed by atoms with Crippen molar-refractivity contribution in [2.75, 3.05) is 6.54 Å². The third kappa shape index (κ3) is 3.77. The fourth-order valence-corrected chi connectivity index (χ4v) is 0.533. The number of allylic oxidation sites excluding steroid dienone is 2. The summed E-state index contributed by atoms with van der Waals surface area (Å²) >= 11 is 0. The molecule has 0 rings (SSSR count). The minimum atomic E-state index is -1.50. The van der Waals surface area contributed by atoms with Gasteiger partial charge in [0, 0.05) is 6.54 Å². The highest BCUT2D eigenvalue weighted by Gasteiger charge is 2.10. The first kappa shape index (κ1) is 10.2. The van der Waals surface area contributed by atoms with Crippen molar-refractivity contribution in [3.05, 3.63) is 36.4 Å². The van der Waals surface area contributed by atoms with E-state index in [1.807, 2.05) is 0 Å². The molecule has 11 heavy (non-hydrogen) atoms. The van der Waals surface area contributed by atoms with Crippen LogP contribution >= 0.6 is 0 Å². The Bertz CT molecular complexity index is 187. The van der Waals surface area contributed by atoms with Crippen molar-refractivity contribution in [2.45, 2.75) is 0 Å². The van der Waals surface area contributed by atoms with Gasteiger partial charge in [-0.3, -0.25) is 0 Å². The molecule has 0 aromatic rings. The molecule has 0 aromatic heterocycles. The molecular formula is C7H12BNO2. The maximum absolute atomic E-state index is 8.69. The Balaban J connectivity index is 4.35. The van der Waals surface area contributed by atoms with Crippen LogP contribution in [0.1, 0.15) is 0 Å². The van der Waals surface area contributed by atoms with Crippen molar-refractivity contribution in [3.8, 4) is 0 Å². The Morgan fingerprint density at radius 1 is 1.55 bits per heavy atom. The summed E-state index contributed by atoms with van der Waals surface area (Å²) in [6.45, 7) is 7.27. The number of rotatable bonds is 4. The van der Waals surface area contributed by atoms with Gasteiger partial charge in [-0.1, -0.05) is 25.3 Å². The molecule has 0 bridgehead atoms. The van der Waals surface area contributed by atoms with Crippen LogP contribution in [0.4, 0.5) is 0 Å². The zero-order chi connectivity index (χ0) is 8.85. The average Bonchev–Trinajstić information content (AvgIpc) is 1.99. The van der Waals surface area contributed by atoms with Gasteiger partial charge in [0.05, 0.1) is 0 Å². The van der Waals surface area contributed by atoms with Crippen LogP contribution in [0.2, 0.25) is 0 Å². The van der Waals surface area contributed by atoms with Crippen molar-refractivity contribution in [1.29, 1.82) is 0 Å². The molecule has 0 aliphatic carbocycles. The lowest BCUT2D eigenvalue weighted by molar-refractivity contribution is 0.420. The van der Waals surface area contributed by atoms with E-state index in [1.54, 1.807) is 0 Å². The Hall–Kier alpha value is -0.835. The van der Waals surface area contributed by atoms with E-state index >= 15 is 0 Å². The molecule has 0 unspecified atom stereocenters. The summed E-state index contributed by atoms with van der Waals surface area (Å²) < 4.78 is 0. The van der Waals surface area contributed by atoms with Gasteiger partial charge in [-0.2, -0.15) is 0 Å². The van der Waals surface area contributed by atoms with Crippen LogP contribution in [0.15, 0.2) is 36.4 Å². The molecule has 4 N–H and O–H groups in total. The average molecular weight is 153 g/mol. The van der Waals surface area contributed by atoms with Gasteiger partial charge in [0.1, 0.15) is 0 Å². The fourth-order valence-electron chi connectivity index (χ4n) is 0.533. The van der Waals surface area contributed by atoms with E-state index in [-0.39, 0.29) is 0 Å². The number of nitrogens with two attached hydrogens (primary N) is 1. The molecule has 0 saturated heterocycles. The highest BCUT2D eigenvalue weighted by Crippen LogP contribution is 2.01. The van der Waals surface area contributed by atoms with Crippen LogP contribution in [0.25, 0.3) is 0 Å². The van der Waals surface area contributed by atoms with Crippen LogP contribution in [-0.2, 0) is 0 Å². The summed E-state index contributed by atoms with van der Waals surface area (Å²) in [5, 5.41) is 17.4. The van der Waals surface area contributed by atoms with Gasteiger partial charge in [0.2, 0.25) is 0 Å². The number of hydrogen-bond donors (Lipinski definition) is 3. The van der Waals surface area contributed by atoms with Gasteiger partial charge in [-0.15, -0.1) is 0 Å². The first-order chi connectivity index (χ1) is 5.11. The summed E-state index contributed by atoms with van der Waals surface area (Å²) in [5.74, 6) is 0. The molecule has 0 saturated carbocycles. The lowest BCUT2D eigenvalue weighted by atomic mass is 9.78. The van der Waals surface area contributed by atoms with Crippen LogP contribution in [0, 0.1) is 0 Å². The molecule has 0 heterocycles. The highest BCUT2D eigenvalue weighted by atomic mass is 16.4. The predicted octanol–water partition coefficient (Wildman–Crippen LogP) is -0.374. The maximum Gasteiger partial charge on any atom is 0.488 e. The van der Waals surface area contributed by atoms with E-state index in [0.717, 1.165) is 0 Å². The second kappa shape index (κ2) is 4.90. The first-order valence-corrected chi connectivity index (χ1v) is 3.19. The highest BCUT2D eigenvalue weighted by molar-refractivity contribution is 6.51. The summed E-state index contributed by atoms with van der Waals surface area (Å²) in [6, 6.07) is 0. The molecule has 60 valence electrons. The lowest BCUT2D eigenvalue weighted by Gasteiger charge is -1.99. The minimum Gasteiger partial charge on any atom is -0.423 e. The molecule has 0 spiro atoms. The quantitative estimate of drug-likeness (QED) is 0.381. The minimum absolute atomic E-state index is 0.296. The van der Waals surface area contributed by atoms with Crippen molar-refractivity contribution < 1.29 is 10.0 Å². The van der Waals surface area contributed by atoms with E-state index in [1.165, 1.54) is 12.2 Å². The Morgan fingerprint density at radius 3 is 2.36 bits per heavy atom. The zero-order valence-corrected chi connectivity index (χ0v) is 6.33. The van der Waals surface area contributed by atoms with Gasteiger partial charge < -0.3 is 15.8 Å². The van der Waals surface area contributed by atoms with Crippen molar-refractivity contribution in [1.82, 2.24) is 0 Å². The number of hydrogen-bond acceptors (Lipinski definition) is 3. The van der Waals surface area contributed by atoms with E-state index in [2.05, 4.69) is 13.2 Å². The van der Waals surface area contributed by atoms with Gasteiger partial charge in [-0.25, -0.2) is 0 Å². The molecule has 0 amide bonds. The second-order valence-corrected chi connectivity index (χ2v) is 2.08. The molecular weight excluding hydrogens is 141 g/mol. The normalized spacial score (nSPS) is 11.0. The van der Waals surface area contributed by atoms with Gasteiger partial charge >= 0.3 is 7.12 Å². The smallest absolute Gasteiger partial charge is 0.423 e. The molecule has 0 atom stereocenters. The first-order valence-electron chi connectivity index (χ1n) is 3.19. The fraction of sp³-hybridized carbons (Fsp3) is 0.143. The monoisotopic (exact) mass is 153 g/mol. The van der Waals surface area contributed by atoms with Crippen LogP contribution in [-0.4, -0.2) is 23.7 Å². The zero-order valence-electron chi connectivity index (χ0n) is 6.33. The predicted molar refractivity (Wildman–Crippen MR) is 46.7 cm³/mol. The topological polar surface area (TPSA) is 66.5 Å². The van der Waals surface area contributed by atoms with E-state index in [4.69, 9.17) is 15.8 Å².